The summed E-state index contributed by atoms with van der Waals surface area (Å²) in [4.78, 5) is 0. The van der Waals surface area contributed by atoms with Crippen molar-refractivity contribution in [2.45, 2.75) is 44.1 Å². The summed E-state index contributed by atoms with van der Waals surface area (Å²) in [6, 6.07) is 0. The van der Waals surface area contributed by atoms with Crippen LogP contribution >= 0.6 is 11.6 Å². The lowest BCUT2D eigenvalue weighted by molar-refractivity contribution is 0.280. The Bertz CT molecular complexity index is 110. The Morgan fingerprint density at radius 3 is 2.50 bits per heavy atom. The lowest BCUT2D eigenvalue weighted by atomic mass is 10.00. The minimum Gasteiger partial charge on any atom is -0.368 e. The molecule has 10 heavy (non-hydrogen) atoms. The third-order valence-electron chi connectivity index (χ3n) is 2.23. The number of epoxide rings is 1. The van der Waals surface area contributed by atoms with E-state index in [4.69, 9.17) is 16.3 Å². The molecule has 2 unspecified atom stereocenters. The van der Waals surface area contributed by atoms with Crippen LogP contribution in [0.1, 0.15) is 33.1 Å². The minimum atomic E-state index is 0.0670. The van der Waals surface area contributed by atoms with Gasteiger partial charge in [0.25, 0.3) is 0 Å². The molecule has 0 aromatic heterocycles. The molecule has 1 aliphatic heterocycles. The molecule has 0 N–H and O–H groups in total. The fraction of sp³-hybridized carbons (Fsp3) is 1.00. The van der Waals surface area contributed by atoms with E-state index in [2.05, 4.69) is 13.8 Å². The van der Waals surface area contributed by atoms with E-state index in [0.29, 0.717) is 0 Å². The quantitative estimate of drug-likeness (QED) is 0.457. The van der Waals surface area contributed by atoms with Crippen molar-refractivity contribution in [1.82, 2.24) is 0 Å². The fourth-order valence-corrected chi connectivity index (χ4v) is 1.71. The van der Waals surface area contributed by atoms with Crippen molar-refractivity contribution >= 4 is 11.6 Å². The van der Waals surface area contributed by atoms with Crippen molar-refractivity contribution in [1.29, 1.82) is 0 Å². The monoisotopic (exact) mass is 162 g/mol. The average Bonchev–Trinajstić information content (AvgIpc) is 2.68. The van der Waals surface area contributed by atoms with Crippen molar-refractivity contribution in [2.24, 2.45) is 0 Å². The fourth-order valence-electron chi connectivity index (χ4n) is 1.22. The number of ether oxygens (including phenoxy) is 1. The molecule has 0 bridgehead atoms. The highest BCUT2D eigenvalue weighted by atomic mass is 35.5. The summed E-state index contributed by atoms with van der Waals surface area (Å²) >= 11 is 6.11. The maximum absolute atomic E-state index is 6.11. The molecule has 1 heterocycles. The SMILES string of the molecule is CCCC(Cl)C1(CC)CO1. The van der Waals surface area contributed by atoms with Crippen molar-refractivity contribution in [3.05, 3.63) is 0 Å². The Morgan fingerprint density at radius 2 is 2.20 bits per heavy atom. The lowest BCUT2D eigenvalue weighted by Gasteiger charge is -2.14. The number of rotatable bonds is 4. The number of alkyl halides is 1. The smallest absolute Gasteiger partial charge is 0.108 e. The summed E-state index contributed by atoms with van der Waals surface area (Å²) in [5.74, 6) is 0. The van der Waals surface area contributed by atoms with Gasteiger partial charge < -0.3 is 4.74 Å². The molecule has 0 aliphatic carbocycles. The summed E-state index contributed by atoms with van der Waals surface area (Å²) in [5.41, 5.74) is 0.0670. The summed E-state index contributed by atoms with van der Waals surface area (Å²) < 4.78 is 5.33. The molecule has 1 fully saturated rings. The van der Waals surface area contributed by atoms with Gasteiger partial charge in [0, 0.05) is 0 Å². The molecule has 0 radical (unpaired) electrons. The van der Waals surface area contributed by atoms with Crippen LogP contribution in [0.25, 0.3) is 0 Å². The van der Waals surface area contributed by atoms with Crippen LogP contribution in [0, 0.1) is 0 Å². The van der Waals surface area contributed by atoms with Gasteiger partial charge in [0.15, 0.2) is 0 Å². The maximum atomic E-state index is 6.11. The van der Waals surface area contributed by atoms with Crippen LogP contribution in [0.3, 0.4) is 0 Å². The molecule has 0 aromatic carbocycles. The van der Waals surface area contributed by atoms with Gasteiger partial charge in [-0.2, -0.15) is 0 Å². The molecular formula is C8H15ClO. The third-order valence-corrected chi connectivity index (χ3v) is 2.84. The van der Waals surface area contributed by atoms with E-state index in [1.807, 2.05) is 0 Å². The van der Waals surface area contributed by atoms with Gasteiger partial charge in [-0.05, 0) is 12.8 Å². The first-order valence-electron chi connectivity index (χ1n) is 4.03. The molecule has 60 valence electrons. The Labute approximate surface area is 67.7 Å². The first-order valence-corrected chi connectivity index (χ1v) is 4.47. The zero-order valence-corrected chi connectivity index (χ0v) is 7.45. The maximum Gasteiger partial charge on any atom is 0.108 e. The number of hydrogen-bond acceptors (Lipinski definition) is 1. The average molecular weight is 163 g/mol. The molecule has 0 amide bonds. The van der Waals surface area contributed by atoms with E-state index in [1.165, 1.54) is 0 Å². The van der Waals surface area contributed by atoms with Crippen LogP contribution in [-0.2, 0) is 4.74 Å². The van der Waals surface area contributed by atoms with Crippen LogP contribution in [0.5, 0.6) is 0 Å². The first kappa shape index (κ1) is 8.35. The van der Waals surface area contributed by atoms with Gasteiger partial charge in [-0.3, -0.25) is 0 Å². The Hall–Kier alpha value is 0.250. The third kappa shape index (κ3) is 1.46. The Morgan fingerprint density at radius 1 is 1.60 bits per heavy atom. The van der Waals surface area contributed by atoms with Crippen molar-refractivity contribution in [2.75, 3.05) is 6.61 Å². The molecule has 1 aliphatic rings. The normalized spacial score (nSPS) is 33.9. The largest absolute Gasteiger partial charge is 0.368 e. The number of hydrogen-bond donors (Lipinski definition) is 0. The Kier molecular flexibility index (Phi) is 2.59. The predicted molar refractivity (Wildman–Crippen MR) is 43.5 cm³/mol. The van der Waals surface area contributed by atoms with Gasteiger partial charge in [-0.25, -0.2) is 0 Å². The summed E-state index contributed by atoms with van der Waals surface area (Å²) in [7, 11) is 0. The molecular weight excluding hydrogens is 148 g/mol. The van der Waals surface area contributed by atoms with Gasteiger partial charge in [0.05, 0.1) is 12.0 Å². The van der Waals surface area contributed by atoms with Crippen LogP contribution in [0.15, 0.2) is 0 Å². The highest BCUT2D eigenvalue weighted by Crippen LogP contribution is 2.39. The number of halogens is 1. The Balaban J connectivity index is 2.32. The summed E-state index contributed by atoms with van der Waals surface area (Å²) in [6.07, 6.45) is 3.29. The van der Waals surface area contributed by atoms with E-state index in [0.717, 1.165) is 25.9 Å². The molecule has 2 heteroatoms. The van der Waals surface area contributed by atoms with Gasteiger partial charge in [-0.15, -0.1) is 11.6 Å². The minimum absolute atomic E-state index is 0.0670. The highest BCUT2D eigenvalue weighted by Gasteiger charge is 2.48. The van der Waals surface area contributed by atoms with Crippen LogP contribution in [-0.4, -0.2) is 17.6 Å². The van der Waals surface area contributed by atoms with E-state index in [-0.39, 0.29) is 11.0 Å². The molecule has 2 atom stereocenters. The van der Waals surface area contributed by atoms with Crippen LogP contribution in [0.4, 0.5) is 0 Å². The molecule has 0 spiro atoms. The van der Waals surface area contributed by atoms with Crippen molar-refractivity contribution in [3.8, 4) is 0 Å². The molecule has 1 rings (SSSR count). The van der Waals surface area contributed by atoms with Gasteiger partial charge in [-0.1, -0.05) is 20.3 Å². The summed E-state index contributed by atoms with van der Waals surface area (Å²) in [5, 5.41) is 0.238. The highest BCUT2D eigenvalue weighted by molar-refractivity contribution is 6.21. The van der Waals surface area contributed by atoms with Crippen molar-refractivity contribution < 1.29 is 4.74 Å². The van der Waals surface area contributed by atoms with Gasteiger partial charge in [0.2, 0.25) is 0 Å². The van der Waals surface area contributed by atoms with E-state index >= 15 is 0 Å². The van der Waals surface area contributed by atoms with Crippen LogP contribution < -0.4 is 0 Å². The van der Waals surface area contributed by atoms with E-state index in [1.54, 1.807) is 0 Å². The lowest BCUT2D eigenvalue weighted by Crippen LogP contribution is -2.23. The summed E-state index contributed by atoms with van der Waals surface area (Å²) in [6.45, 7) is 5.16. The predicted octanol–water partition coefficient (Wildman–Crippen LogP) is 2.57. The van der Waals surface area contributed by atoms with E-state index < -0.39 is 0 Å². The second-order valence-electron chi connectivity index (χ2n) is 2.96. The zero-order valence-electron chi connectivity index (χ0n) is 6.69. The topological polar surface area (TPSA) is 12.5 Å². The van der Waals surface area contributed by atoms with Crippen molar-refractivity contribution in [3.63, 3.8) is 0 Å². The van der Waals surface area contributed by atoms with Crippen LogP contribution in [0.2, 0.25) is 0 Å². The first-order chi connectivity index (χ1) is 4.75. The second kappa shape index (κ2) is 3.10. The molecule has 0 aromatic rings. The molecule has 1 saturated heterocycles. The van der Waals surface area contributed by atoms with Gasteiger partial charge in [0.1, 0.15) is 5.60 Å². The van der Waals surface area contributed by atoms with Gasteiger partial charge >= 0.3 is 0 Å². The standard InChI is InChI=1S/C8H15ClO/c1-3-5-7(9)8(4-2)6-10-8/h7H,3-6H2,1-2H3. The molecule has 0 saturated carbocycles. The molecule has 1 nitrogen and oxygen atoms in total. The second-order valence-corrected chi connectivity index (χ2v) is 3.49. The zero-order chi connectivity index (χ0) is 7.61. The van der Waals surface area contributed by atoms with E-state index in [9.17, 15) is 0 Å².